The molecule has 0 bridgehead atoms. The van der Waals surface area contributed by atoms with Gasteiger partial charge in [0, 0.05) is 0 Å². The van der Waals surface area contributed by atoms with Gasteiger partial charge in [-0.1, -0.05) is 0 Å². The molecule has 0 spiro atoms. The zero-order valence-electron chi connectivity index (χ0n) is 9.82. The summed E-state index contributed by atoms with van der Waals surface area (Å²) < 4.78 is 43.9. The quantitative estimate of drug-likeness (QED) is 0.510. The van der Waals surface area contributed by atoms with Gasteiger partial charge in [-0.25, -0.2) is 4.79 Å². The number of aromatic nitrogens is 1. The fourth-order valence-electron chi connectivity index (χ4n) is 1.20. The maximum absolute atomic E-state index is 12.1. The number of halogens is 3. The number of carbonyl (C=O) groups excluding carboxylic acids is 1. The molecule has 110 valence electrons. The molecule has 0 radical (unpaired) electrons. The largest absolute Gasteiger partial charge is 0.573 e. The van der Waals surface area contributed by atoms with Crippen LogP contribution in [-0.2, 0) is 4.74 Å². The average molecular weight is 296 g/mol. The minimum Gasteiger partial charge on any atom is -0.461 e. The Morgan fingerprint density at radius 3 is 2.55 bits per heavy atom. The van der Waals surface area contributed by atoms with Crippen LogP contribution in [0.1, 0.15) is 17.4 Å². The molecule has 1 rings (SSSR count). The van der Waals surface area contributed by atoms with Crippen LogP contribution >= 0.6 is 0 Å². The predicted octanol–water partition coefficient (Wildman–Crippen LogP) is 1.36. The first-order valence-electron chi connectivity index (χ1n) is 5.00. The normalized spacial score (nSPS) is 11.0. The predicted molar refractivity (Wildman–Crippen MR) is 56.4 cm³/mol. The molecule has 0 aliphatic rings. The molecule has 0 saturated carbocycles. The Morgan fingerprint density at radius 2 is 2.10 bits per heavy atom. The van der Waals surface area contributed by atoms with Crippen LogP contribution in [0, 0.1) is 10.1 Å². The topological polar surface area (TPSA) is 112 Å². The van der Waals surface area contributed by atoms with E-state index in [1.54, 1.807) is 4.98 Å². The first-order chi connectivity index (χ1) is 9.15. The van der Waals surface area contributed by atoms with Crippen LogP contribution < -0.4 is 10.3 Å². The van der Waals surface area contributed by atoms with Gasteiger partial charge >= 0.3 is 18.0 Å². The number of nitrogens with zero attached hydrogens (tertiary/aromatic N) is 1. The summed E-state index contributed by atoms with van der Waals surface area (Å²) in [7, 11) is 0. The van der Waals surface area contributed by atoms with Gasteiger partial charge in [0.1, 0.15) is 5.69 Å². The molecular formula is C9H7F3N2O6. The number of hydrogen-bond donors (Lipinski definition) is 1. The standard InChI is InChI=1S/C9H7F3N2O6/c1-2-19-8(16)4-3-5(14(17)18)6(7(15)13-4)20-9(10,11)12/h3H,2H2,1H3,(H,13,15). The molecule has 0 unspecified atom stereocenters. The molecule has 1 aromatic rings. The molecule has 0 amide bonds. The monoisotopic (exact) mass is 296 g/mol. The second kappa shape index (κ2) is 5.59. The van der Waals surface area contributed by atoms with Crippen molar-refractivity contribution in [3.05, 3.63) is 32.2 Å². The van der Waals surface area contributed by atoms with Gasteiger partial charge in [-0.3, -0.25) is 14.9 Å². The lowest BCUT2D eigenvalue weighted by Gasteiger charge is -2.09. The van der Waals surface area contributed by atoms with E-state index in [1.807, 2.05) is 0 Å². The molecule has 11 heteroatoms. The van der Waals surface area contributed by atoms with Crippen LogP contribution in [0.15, 0.2) is 10.9 Å². The Labute approximate surface area is 108 Å². The Hall–Kier alpha value is -2.59. The highest BCUT2D eigenvalue weighted by molar-refractivity contribution is 5.88. The van der Waals surface area contributed by atoms with Crippen LogP contribution in [-0.4, -0.2) is 28.8 Å². The minimum absolute atomic E-state index is 0.0878. The number of ether oxygens (including phenoxy) is 2. The third-order valence-corrected chi connectivity index (χ3v) is 1.88. The number of hydrogen-bond acceptors (Lipinski definition) is 6. The molecule has 0 aliphatic carbocycles. The number of aromatic amines is 1. The molecular weight excluding hydrogens is 289 g/mol. The summed E-state index contributed by atoms with van der Waals surface area (Å²) in [6, 6.07) is 0.431. The third kappa shape index (κ3) is 3.70. The van der Waals surface area contributed by atoms with Crippen molar-refractivity contribution in [1.82, 2.24) is 4.98 Å². The van der Waals surface area contributed by atoms with E-state index >= 15 is 0 Å². The first kappa shape index (κ1) is 15.5. The summed E-state index contributed by atoms with van der Waals surface area (Å²) in [6.07, 6.45) is -5.29. The van der Waals surface area contributed by atoms with Gasteiger partial charge in [-0.2, -0.15) is 0 Å². The van der Waals surface area contributed by atoms with Gasteiger partial charge in [0.05, 0.1) is 17.6 Å². The van der Waals surface area contributed by atoms with Crippen LogP contribution in [0.3, 0.4) is 0 Å². The van der Waals surface area contributed by atoms with E-state index in [0.717, 1.165) is 0 Å². The van der Waals surface area contributed by atoms with Crippen molar-refractivity contribution >= 4 is 11.7 Å². The number of pyridine rings is 1. The lowest BCUT2D eigenvalue weighted by atomic mass is 10.3. The molecule has 0 atom stereocenters. The average Bonchev–Trinajstić information content (AvgIpc) is 2.29. The molecule has 1 aromatic heterocycles. The van der Waals surface area contributed by atoms with E-state index in [2.05, 4.69) is 9.47 Å². The van der Waals surface area contributed by atoms with Gasteiger partial charge in [0.2, 0.25) is 0 Å². The minimum atomic E-state index is -5.29. The van der Waals surface area contributed by atoms with Gasteiger partial charge < -0.3 is 14.5 Å². The van der Waals surface area contributed by atoms with Crippen LogP contribution in [0.25, 0.3) is 0 Å². The fraction of sp³-hybridized carbons (Fsp3) is 0.333. The number of esters is 1. The van der Waals surface area contributed by atoms with Crippen molar-refractivity contribution in [2.24, 2.45) is 0 Å². The highest BCUT2D eigenvalue weighted by atomic mass is 19.4. The van der Waals surface area contributed by atoms with E-state index in [1.165, 1.54) is 6.92 Å². The van der Waals surface area contributed by atoms with Crippen LogP contribution in [0.2, 0.25) is 0 Å². The van der Waals surface area contributed by atoms with Crippen molar-refractivity contribution in [3.63, 3.8) is 0 Å². The molecule has 8 nitrogen and oxygen atoms in total. The fourth-order valence-corrected chi connectivity index (χ4v) is 1.20. The van der Waals surface area contributed by atoms with Crippen molar-refractivity contribution in [3.8, 4) is 5.75 Å². The third-order valence-electron chi connectivity index (χ3n) is 1.88. The molecule has 1 heterocycles. The van der Waals surface area contributed by atoms with Gasteiger partial charge in [-0.05, 0) is 6.92 Å². The number of nitrogens with one attached hydrogen (secondary N) is 1. The summed E-state index contributed by atoms with van der Waals surface area (Å²) in [5.41, 5.74) is -3.52. The maximum atomic E-state index is 12.1. The van der Waals surface area contributed by atoms with Crippen molar-refractivity contribution in [1.29, 1.82) is 0 Å². The van der Waals surface area contributed by atoms with Crippen molar-refractivity contribution < 1.29 is 32.4 Å². The number of carbonyl (C=O) groups is 1. The zero-order valence-corrected chi connectivity index (χ0v) is 9.82. The Morgan fingerprint density at radius 1 is 1.50 bits per heavy atom. The van der Waals surface area contributed by atoms with Crippen molar-refractivity contribution in [2.45, 2.75) is 13.3 Å². The number of rotatable bonds is 4. The number of H-pyrrole nitrogens is 1. The summed E-state index contributed by atoms with van der Waals surface area (Å²) in [6.45, 7) is 1.35. The van der Waals surface area contributed by atoms with E-state index in [-0.39, 0.29) is 6.61 Å². The summed E-state index contributed by atoms with van der Waals surface area (Å²) in [4.78, 5) is 33.7. The summed E-state index contributed by atoms with van der Waals surface area (Å²) in [5.74, 6) is -2.68. The Bertz CT molecular complexity index is 594. The molecule has 0 fully saturated rings. The molecule has 0 aliphatic heterocycles. The molecule has 0 saturated heterocycles. The van der Waals surface area contributed by atoms with Crippen LogP contribution in [0.5, 0.6) is 5.75 Å². The second-order valence-electron chi connectivity index (χ2n) is 3.25. The highest BCUT2D eigenvalue weighted by Crippen LogP contribution is 2.28. The van der Waals surface area contributed by atoms with Gasteiger partial charge in [0.15, 0.2) is 0 Å². The summed E-state index contributed by atoms with van der Waals surface area (Å²) >= 11 is 0. The van der Waals surface area contributed by atoms with E-state index in [9.17, 15) is 32.9 Å². The lowest BCUT2D eigenvalue weighted by Crippen LogP contribution is -2.25. The van der Waals surface area contributed by atoms with E-state index < -0.39 is 39.9 Å². The van der Waals surface area contributed by atoms with E-state index in [0.29, 0.717) is 6.07 Å². The Kier molecular flexibility index (Phi) is 4.32. The lowest BCUT2D eigenvalue weighted by molar-refractivity contribution is -0.388. The smallest absolute Gasteiger partial charge is 0.461 e. The van der Waals surface area contributed by atoms with Crippen molar-refractivity contribution in [2.75, 3.05) is 6.61 Å². The van der Waals surface area contributed by atoms with E-state index in [4.69, 9.17) is 0 Å². The van der Waals surface area contributed by atoms with Crippen LogP contribution in [0.4, 0.5) is 18.9 Å². The molecule has 0 aromatic carbocycles. The first-order valence-corrected chi connectivity index (χ1v) is 5.00. The number of alkyl halides is 3. The summed E-state index contributed by atoms with van der Waals surface area (Å²) in [5, 5.41) is 10.6. The maximum Gasteiger partial charge on any atom is 0.573 e. The number of nitro groups is 1. The second-order valence-corrected chi connectivity index (χ2v) is 3.25. The van der Waals surface area contributed by atoms with Gasteiger partial charge in [-0.15, -0.1) is 13.2 Å². The molecule has 20 heavy (non-hydrogen) atoms. The highest BCUT2D eigenvalue weighted by Gasteiger charge is 2.37. The van der Waals surface area contributed by atoms with Gasteiger partial charge in [0.25, 0.3) is 11.3 Å². The SMILES string of the molecule is CCOC(=O)c1cc([N+](=O)[O-])c(OC(F)(F)F)c(=O)[nH]1. The Balaban J connectivity index is 3.37. The zero-order chi connectivity index (χ0) is 15.5. The molecule has 1 N–H and O–H groups in total.